The van der Waals surface area contributed by atoms with E-state index in [1.54, 1.807) is 22.8 Å². The summed E-state index contributed by atoms with van der Waals surface area (Å²) in [5, 5.41) is 8.01. The summed E-state index contributed by atoms with van der Waals surface area (Å²) >= 11 is 0. The third-order valence-corrected chi connectivity index (χ3v) is 8.47. The molecule has 0 spiro atoms. The molecule has 0 saturated carbocycles. The van der Waals surface area contributed by atoms with Crippen LogP contribution in [0.4, 0.5) is 17.3 Å². The molecule has 0 unspecified atom stereocenters. The van der Waals surface area contributed by atoms with Gasteiger partial charge in [0.05, 0.1) is 22.3 Å². The molecular formula is C26H31N7O2S. The summed E-state index contributed by atoms with van der Waals surface area (Å²) in [6, 6.07) is 17.4. The molecule has 188 valence electrons. The summed E-state index contributed by atoms with van der Waals surface area (Å²) in [4.78, 5) is 9.45. The molecule has 2 aromatic carbocycles. The van der Waals surface area contributed by atoms with E-state index in [0.717, 1.165) is 54.2 Å². The second-order valence-electron chi connectivity index (χ2n) is 9.36. The van der Waals surface area contributed by atoms with Gasteiger partial charge in [0.15, 0.2) is 0 Å². The minimum Gasteiger partial charge on any atom is -0.369 e. The van der Waals surface area contributed by atoms with Gasteiger partial charge in [0, 0.05) is 57.2 Å². The predicted octanol–water partition coefficient (Wildman–Crippen LogP) is 3.45. The third-order valence-electron chi connectivity index (χ3n) is 6.65. The molecule has 0 bridgehead atoms. The fraction of sp³-hybridized carbons (Fsp3) is 0.308. The Morgan fingerprint density at radius 3 is 2.36 bits per heavy atom. The number of nitrogens with zero attached hydrogens (tertiary/aromatic N) is 6. The van der Waals surface area contributed by atoms with Gasteiger partial charge in [-0.05, 0) is 68.1 Å². The number of aryl methyl sites for hydroxylation is 1. The number of hydrogen-bond acceptors (Lipinski definition) is 7. The molecule has 36 heavy (non-hydrogen) atoms. The lowest BCUT2D eigenvalue weighted by molar-refractivity contribution is 0.313. The van der Waals surface area contributed by atoms with E-state index in [0.29, 0.717) is 5.95 Å². The third kappa shape index (κ3) is 4.67. The van der Waals surface area contributed by atoms with Crippen LogP contribution in [0.3, 0.4) is 0 Å². The summed E-state index contributed by atoms with van der Waals surface area (Å²) in [6.07, 6.45) is 1.76. The Morgan fingerprint density at radius 2 is 1.67 bits per heavy atom. The van der Waals surface area contributed by atoms with E-state index in [4.69, 9.17) is 5.10 Å². The second-order valence-corrected chi connectivity index (χ2v) is 11.5. The molecule has 1 aliphatic rings. The van der Waals surface area contributed by atoms with Gasteiger partial charge < -0.3 is 15.1 Å². The van der Waals surface area contributed by atoms with Crippen LogP contribution < -0.4 is 10.2 Å². The number of likely N-dealkylation sites (N-methyl/N-ethyl adjacent to an activating group) is 1. The molecule has 5 rings (SSSR count). The van der Waals surface area contributed by atoms with Gasteiger partial charge in [0.1, 0.15) is 0 Å². The van der Waals surface area contributed by atoms with Crippen LogP contribution in [-0.2, 0) is 10.0 Å². The molecule has 0 atom stereocenters. The van der Waals surface area contributed by atoms with Crippen molar-refractivity contribution in [3.05, 3.63) is 66.4 Å². The van der Waals surface area contributed by atoms with Gasteiger partial charge in [-0.25, -0.2) is 22.2 Å². The largest absolute Gasteiger partial charge is 0.369 e. The van der Waals surface area contributed by atoms with Gasteiger partial charge in [-0.3, -0.25) is 0 Å². The van der Waals surface area contributed by atoms with E-state index >= 15 is 0 Å². The standard InChI is InChI=1S/C26H31N7O2S/c1-19-5-11-23(36(34,35)30(2)3)17-24(19)25-12-10-22-18-27-26(29-33(22)25)28-20-6-8-21(9-7-20)32-15-13-31(4)14-16-32/h5-12,17-18H,13-16H2,1-4H3,(H,28,29). The smallest absolute Gasteiger partial charge is 0.245 e. The number of rotatable bonds is 6. The fourth-order valence-corrected chi connectivity index (χ4v) is 5.29. The van der Waals surface area contributed by atoms with Crippen molar-refractivity contribution in [2.45, 2.75) is 11.8 Å². The van der Waals surface area contributed by atoms with Crippen molar-refractivity contribution in [2.24, 2.45) is 0 Å². The Morgan fingerprint density at radius 1 is 0.944 bits per heavy atom. The van der Waals surface area contributed by atoms with Gasteiger partial charge in [0.2, 0.25) is 16.0 Å². The molecule has 1 saturated heterocycles. The lowest BCUT2D eigenvalue weighted by Crippen LogP contribution is -2.44. The summed E-state index contributed by atoms with van der Waals surface area (Å²) in [5.74, 6) is 0.460. The molecule has 10 heteroatoms. The molecule has 0 aliphatic carbocycles. The van der Waals surface area contributed by atoms with Crippen LogP contribution in [0.15, 0.2) is 65.7 Å². The number of piperazine rings is 1. The van der Waals surface area contributed by atoms with Crippen LogP contribution in [-0.4, -0.2) is 79.5 Å². The molecule has 0 radical (unpaired) electrons. The zero-order valence-electron chi connectivity index (χ0n) is 21.0. The molecule has 1 aliphatic heterocycles. The Hall–Kier alpha value is -3.47. The molecule has 2 aromatic heterocycles. The highest BCUT2D eigenvalue weighted by Gasteiger charge is 2.20. The number of benzene rings is 2. The lowest BCUT2D eigenvalue weighted by Gasteiger charge is -2.34. The van der Waals surface area contributed by atoms with Gasteiger partial charge in [-0.15, -0.1) is 5.10 Å². The van der Waals surface area contributed by atoms with Crippen LogP contribution in [0.25, 0.3) is 16.8 Å². The summed E-state index contributed by atoms with van der Waals surface area (Å²) in [5.41, 5.74) is 5.49. The monoisotopic (exact) mass is 505 g/mol. The van der Waals surface area contributed by atoms with Gasteiger partial charge >= 0.3 is 0 Å². The SMILES string of the molecule is Cc1ccc(S(=O)(=O)N(C)C)cc1-c1ccc2cnc(Nc3ccc(N4CCN(C)CC4)cc3)nn12. The van der Waals surface area contributed by atoms with Crippen LogP contribution in [0.2, 0.25) is 0 Å². The van der Waals surface area contributed by atoms with E-state index in [1.165, 1.54) is 24.1 Å². The number of hydrogen-bond donors (Lipinski definition) is 1. The highest BCUT2D eigenvalue weighted by molar-refractivity contribution is 7.89. The molecule has 1 N–H and O–H groups in total. The zero-order valence-corrected chi connectivity index (χ0v) is 21.8. The minimum atomic E-state index is -3.55. The quantitative estimate of drug-likeness (QED) is 0.430. The molecule has 3 heterocycles. The summed E-state index contributed by atoms with van der Waals surface area (Å²) in [6.45, 7) is 6.14. The van der Waals surface area contributed by atoms with E-state index in [-0.39, 0.29) is 4.90 Å². The van der Waals surface area contributed by atoms with Crippen molar-refractivity contribution in [1.29, 1.82) is 0 Å². The maximum Gasteiger partial charge on any atom is 0.245 e. The number of nitrogens with one attached hydrogen (secondary N) is 1. The Bertz CT molecular complexity index is 1490. The first-order chi connectivity index (χ1) is 17.2. The Labute approximate surface area is 212 Å². The van der Waals surface area contributed by atoms with E-state index in [9.17, 15) is 8.42 Å². The number of anilines is 3. The number of aromatic nitrogens is 3. The zero-order chi connectivity index (χ0) is 25.4. The van der Waals surface area contributed by atoms with E-state index in [2.05, 4.69) is 39.3 Å². The predicted molar refractivity (Wildman–Crippen MR) is 143 cm³/mol. The highest BCUT2D eigenvalue weighted by Crippen LogP contribution is 2.29. The summed E-state index contributed by atoms with van der Waals surface area (Å²) in [7, 11) is 1.67. The fourth-order valence-electron chi connectivity index (χ4n) is 4.36. The maximum atomic E-state index is 12.7. The molecule has 9 nitrogen and oxygen atoms in total. The topological polar surface area (TPSA) is 86.1 Å². The van der Waals surface area contributed by atoms with Crippen molar-refractivity contribution in [1.82, 2.24) is 23.8 Å². The Kier molecular flexibility index (Phi) is 6.42. The number of fused-ring (bicyclic) bond motifs is 1. The van der Waals surface area contributed by atoms with Crippen LogP contribution in [0.5, 0.6) is 0 Å². The highest BCUT2D eigenvalue weighted by atomic mass is 32.2. The average molecular weight is 506 g/mol. The first-order valence-electron chi connectivity index (χ1n) is 11.9. The van der Waals surface area contributed by atoms with Gasteiger partial charge in [-0.1, -0.05) is 6.07 Å². The van der Waals surface area contributed by atoms with Gasteiger partial charge in [0.25, 0.3) is 0 Å². The van der Waals surface area contributed by atoms with Gasteiger partial charge in [-0.2, -0.15) is 0 Å². The average Bonchev–Trinajstić information content (AvgIpc) is 3.28. The van der Waals surface area contributed by atoms with E-state index in [1.807, 2.05) is 37.3 Å². The normalized spacial score (nSPS) is 15.1. The lowest BCUT2D eigenvalue weighted by atomic mass is 10.1. The minimum absolute atomic E-state index is 0.246. The Balaban J connectivity index is 1.42. The van der Waals surface area contributed by atoms with E-state index < -0.39 is 10.0 Å². The summed E-state index contributed by atoms with van der Waals surface area (Å²) < 4.78 is 28.4. The van der Waals surface area contributed by atoms with Crippen molar-refractivity contribution in [3.8, 4) is 11.3 Å². The number of sulfonamides is 1. The van der Waals surface area contributed by atoms with Crippen LogP contribution in [0, 0.1) is 6.92 Å². The molecular weight excluding hydrogens is 474 g/mol. The molecule has 4 aromatic rings. The molecule has 0 amide bonds. The second kappa shape index (κ2) is 9.53. The van der Waals surface area contributed by atoms with Crippen LogP contribution >= 0.6 is 0 Å². The van der Waals surface area contributed by atoms with Crippen molar-refractivity contribution in [3.63, 3.8) is 0 Å². The first-order valence-corrected chi connectivity index (χ1v) is 13.4. The van der Waals surface area contributed by atoms with Crippen molar-refractivity contribution >= 4 is 32.9 Å². The first kappa shape index (κ1) is 24.2. The van der Waals surface area contributed by atoms with Crippen LogP contribution in [0.1, 0.15) is 5.56 Å². The molecule has 1 fully saturated rings. The maximum absolute atomic E-state index is 12.7. The van der Waals surface area contributed by atoms with Crippen molar-refractivity contribution < 1.29 is 8.42 Å². The van der Waals surface area contributed by atoms with Crippen molar-refractivity contribution in [2.75, 3.05) is 57.5 Å².